The van der Waals surface area contributed by atoms with Crippen LogP contribution in [-0.4, -0.2) is 40.0 Å². The molecule has 0 spiro atoms. The Balaban J connectivity index is 2.56. The van der Waals surface area contributed by atoms with Crippen molar-refractivity contribution < 1.29 is 19.6 Å². The van der Waals surface area contributed by atoms with Gasteiger partial charge in [0.1, 0.15) is 18.6 Å². The number of rotatable bonds is 6. The Hall–Kier alpha value is -2.23. The molecule has 0 atom stereocenters. The molecular formula is C9H9BrN4O5. The first-order valence-corrected chi connectivity index (χ1v) is 5.71. The van der Waals surface area contributed by atoms with E-state index in [0.29, 0.717) is 4.47 Å². The number of carboxylic acids is 1. The van der Waals surface area contributed by atoms with Crippen molar-refractivity contribution in [1.82, 2.24) is 10.3 Å². The fourth-order valence-corrected chi connectivity index (χ4v) is 1.54. The van der Waals surface area contributed by atoms with Gasteiger partial charge in [-0.25, -0.2) is 4.98 Å². The molecule has 102 valence electrons. The van der Waals surface area contributed by atoms with E-state index in [1.54, 1.807) is 0 Å². The maximum absolute atomic E-state index is 11.2. The summed E-state index contributed by atoms with van der Waals surface area (Å²) in [4.78, 5) is 35.1. The third-order valence-corrected chi connectivity index (χ3v) is 2.50. The number of hydrogen-bond donors (Lipinski definition) is 3. The summed E-state index contributed by atoms with van der Waals surface area (Å²) in [6.45, 7) is -0.675. The molecule has 0 aliphatic rings. The number of anilines is 1. The number of nitrogens with one attached hydrogen (secondary N) is 2. The van der Waals surface area contributed by atoms with E-state index in [1.807, 2.05) is 0 Å². The summed E-state index contributed by atoms with van der Waals surface area (Å²) in [5.74, 6) is -1.44. The molecule has 1 aromatic heterocycles. The zero-order valence-corrected chi connectivity index (χ0v) is 11.0. The molecule has 0 saturated heterocycles. The third-order valence-electron chi connectivity index (χ3n) is 1.89. The van der Waals surface area contributed by atoms with Gasteiger partial charge in [0, 0.05) is 6.07 Å². The lowest BCUT2D eigenvalue weighted by molar-refractivity contribution is -0.385. The predicted molar refractivity (Wildman–Crippen MR) is 67.7 cm³/mol. The fourth-order valence-electron chi connectivity index (χ4n) is 1.06. The fraction of sp³-hybridized carbons (Fsp3) is 0.222. The highest BCUT2D eigenvalue weighted by molar-refractivity contribution is 9.10. The van der Waals surface area contributed by atoms with Crippen molar-refractivity contribution in [2.24, 2.45) is 0 Å². The molecule has 0 fully saturated rings. The molecule has 0 bridgehead atoms. The van der Waals surface area contributed by atoms with E-state index < -0.39 is 23.3 Å². The molecule has 0 aliphatic heterocycles. The summed E-state index contributed by atoms with van der Waals surface area (Å²) in [6.07, 6.45) is 1.04. The van der Waals surface area contributed by atoms with Crippen LogP contribution < -0.4 is 10.6 Å². The predicted octanol–water partition coefficient (Wildman–Crippen LogP) is 0.365. The van der Waals surface area contributed by atoms with Crippen molar-refractivity contribution in [3.8, 4) is 0 Å². The molecule has 3 N–H and O–H groups in total. The molecular weight excluding hydrogens is 324 g/mol. The molecule has 19 heavy (non-hydrogen) atoms. The molecule has 1 amide bonds. The van der Waals surface area contributed by atoms with E-state index in [9.17, 15) is 19.7 Å². The summed E-state index contributed by atoms with van der Waals surface area (Å²) >= 11 is 3.07. The molecule has 0 unspecified atom stereocenters. The summed E-state index contributed by atoms with van der Waals surface area (Å²) in [7, 11) is 0. The van der Waals surface area contributed by atoms with Crippen LogP contribution in [0.15, 0.2) is 16.7 Å². The van der Waals surface area contributed by atoms with Crippen molar-refractivity contribution in [1.29, 1.82) is 0 Å². The summed E-state index contributed by atoms with van der Waals surface area (Å²) in [5.41, 5.74) is -0.187. The number of aliphatic carboxylic acids is 1. The van der Waals surface area contributed by atoms with Crippen molar-refractivity contribution >= 4 is 39.3 Å². The standard InChI is InChI=1S/C9H9BrN4O5/c10-6-1-5(14(18)19)2-12-9(6)13-3-7(15)11-4-8(16)17/h1-2H,3-4H2,(H,11,15)(H,12,13)(H,16,17). The molecule has 0 aromatic carbocycles. The number of nitrogens with zero attached hydrogens (tertiary/aromatic N) is 2. The Labute approximate surface area is 115 Å². The van der Waals surface area contributed by atoms with Crippen LogP contribution >= 0.6 is 15.9 Å². The molecule has 1 heterocycles. The van der Waals surface area contributed by atoms with Crippen molar-refractivity contribution in [2.75, 3.05) is 18.4 Å². The van der Waals surface area contributed by atoms with Crippen LogP contribution in [0.3, 0.4) is 0 Å². The normalized spacial score (nSPS) is 9.74. The van der Waals surface area contributed by atoms with E-state index in [1.165, 1.54) is 6.07 Å². The van der Waals surface area contributed by atoms with Gasteiger partial charge in [0.2, 0.25) is 5.91 Å². The zero-order chi connectivity index (χ0) is 14.4. The van der Waals surface area contributed by atoms with Crippen molar-refractivity contribution in [3.05, 3.63) is 26.9 Å². The molecule has 1 rings (SSSR count). The molecule has 0 aliphatic carbocycles. The van der Waals surface area contributed by atoms with Crippen LogP contribution in [0.1, 0.15) is 0 Å². The first kappa shape index (κ1) is 14.8. The number of pyridine rings is 1. The monoisotopic (exact) mass is 332 g/mol. The average molecular weight is 333 g/mol. The van der Waals surface area contributed by atoms with Gasteiger partial charge >= 0.3 is 5.97 Å². The number of carbonyl (C=O) groups excluding carboxylic acids is 1. The second-order valence-electron chi connectivity index (χ2n) is 3.31. The number of amides is 1. The zero-order valence-electron chi connectivity index (χ0n) is 9.42. The number of hydrogen-bond acceptors (Lipinski definition) is 6. The van der Waals surface area contributed by atoms with Gasteiger partial charge in [0.05, 0.1) is 15.9 Å². The van der Waals surface area contributed by atoms with Gasteiger partial charge in [-0.05, 0) is 15.9 Å². The van der Waals surface area contributed by atoms with Crippen LogP contribution in [0.25, 0.3) is 0 Å². The molecule has 9 nitrogen and oxygen atoms in total. The van der Waals surface area contributed by atoms with Crippen molar-refractivity contribution in [2.45, 2.75) is 0 Å². The van der Waals surface area contributed by atoms with Crippen LogP contribution in [0.5, 0.6) is 0 Å². The SMILES string of the molecule is O=C(O)CNC(=O)CNc1ncc([N+](=O)[O-])cc1Br. The smallest absolute Gasteiger partial charge is 0.322 e. The molecule has 1 aromatic rings. The average Bonchev–Trinajstić information content (AvgIpc) is 2.34. The second kappa shape index (κ2) is 6.64. The molecule has 10 heteroatoms. The minimum Gasteiger partial charge on any atom is -0.480 e. The number of carboxylic acid groups (broad SMARTS) is 1. The van der Waals surface area contributed by atoms with E-state index in [2.05, 4.69) is 31.5 Å². The maximum atomic E-state index is 11.2. The first-order valence-electron chi connectivity index (χ1n) is 4.92. The number of carbonyl (C=O) groups is 2. The minimum absolute atomic E-state index is 0.187. The number of aromatic nitrogens is 1. The van der Waals surface area contributed by atoms with Crippen LogP contribution in [0.2, 0.25) is 0 Å². The van der Waals surface area contributed by atoms with Gasteiger partial charge in [-0.3, -0.25) is 19.7 Å². The van der Waals surface area contributed by atoms with Crippen molar-refractivity contribution in [3.63, 3.8) is 0 Å². The lowest BCUT2D eigenvalue weighted by Crippen LogP contribution is -2.34. The van der Waals surface area contributed by atoms with E-state index in [-0.39, 0.29) is 18.1 Å². The maximum Gasteiger partial charge on any atom is 0.322 e. The lowest BCUT2D eigenvalue weighted by atomic mass is 10.4. The van der Waals surface area contributed by atoms with E-state index in [0.717, 1.165) is 6.20 Å². The van der Waals surface area contributed by atoms with Gasteiger partial charge in [0.15, 0.2) is 0 Å². The van der Waals surface area contributed by atoms with Gasteiger partial charge in [-0.15, -0.1) is 0 Å². The van der Waals surface area contributed by atoms with E-state index in [4.69, 9.17) is 5.11 Å². The van der Waals surface area contributed by atoms with Crippen LogP contribution in [0.4, 0.5) is 11.5 Å². The highest BCUT2D eigenvalue weighted by Gasteiger charge is 2.11. The Morgan fingerprint density at radius 2 is 2.16 bits per heavy atom. The van der Waals surface area contributed by atoms with Gasteiger partial charge in [0.25, 0.3) is 5.69 Å². The second-order valence-corrected chi connectivity index (χ2v) is 4.16. The summed E-state index contributed by atoms with van der Waals surface area (Å²) in [6, 6.07) is 1.24. The Morgan fingerprint density at radius 3 is 2.68 bits per heavy atom. The number of halogens is 1. The Kier molecular flexibility index (Phi) is 5.18. The van der Waals surface area contributed by atoms with Gasteiger partial charge < -0.3 is 15.7 Å². The molecule has 0 radical (unpaired) electrons. The summed E-state index contributed by atoms with van der Waals surface area (Å²) in [5, 5.41) is 23.6. The van der Waals surface area contributed by atoms with Gasteiger partial charge in [-0.2, -0.15) is 0 Å². The van der Waals surface area contributed by atoms with E-state index >= 15 is 0 Å². The third kappa shape index (κ3) is 4.87. The topological polar surface area (TPSA) is 134 Å². The highest BCUT2D eigenvalue weighted by Crippen LogP contribution is 2.23. The summed E-state index contributed by atoms with van der Waals surface area (Å²) < 4.78 is 0.327. The Morgan fingerprint density at radius 1 is 1.47 bits per heavy atom. The number of nitro groups is 1. The minimum atomic E-state index is -1.15. The molecule has 0 saturated carbocycles. The van der Waals surface area contributed by atoms with Crippen LogP contribution in [0, 0.1) is 10.1 Å². The first-order chi connectivity index (χ1) is 8.90. The lowest BCUT2D eigenvalue weighted by Gasteiger charge is -2.07. The highest BCUT2D eigenvalue weighted by atomic mass is 79.9. The quantitative estimate of drug-likeness (QED) is 0.505. The largest absolute Gasteiger partial charge is 0.480 e. The van der Waals surface area contributed by atoms with Gasteiger partial charge in [-0.1, -0.05) is 0 Å². The Bertz CT molecular complexity index is 521. The van der Waals surface area contributed by atoms with Crippen LogP contribution in [-0.2, 0) is 9.59 Å².